The first-order valence-corrected chi connectivity index (χ1v) is 5.96. The van der Waals surface area contributed by atoms with E-state index < -0.39 is 0 Å². The lowest BCUT2D eigenvalue weighted by Crippen LogP contribution is -2.40. The molecule has 0 bridgehead atoms. The van der Waals surface area contributed by atoms with E-state index in [9.17, 15) is 0 Å². The lowest BCUT2D eigenvalue weighted by molar-refractivity contribution is 0.0243. The molecule has 0 amide bonds. The van der Waals surface area contributed by atoms with Crippen molar-refractivity contribution in [3.8, 4) is 0 Å². The average Bonchev–Trinajstić information content (AvgIpc) is 2.12. The molecule has 0 aliphatic carbocycles. The summed E-state index contributed by atoms with van der Waals surface area (Å²) in [5, 5.41) is 3.26. The second-order valence-corrected chi connectivity index (χ2v) is 5.66. The predicted octanol–water partition coefficient (Wildman–Crippen LogP) is 3.69. The van der Waals surface area contributed by atoms with Gasteiger partial charge in [-0.1, -0.05) is 41.5 Å². The molecule has 1 heteroatoms. The van der Waals surface area contributed by atoms with Gasteiger partial charge in [-0.25, -0.2) is 0 Å². The van der Waals surface area contributed by atoms with Crippen LogP contribution in [-0.4, -0.2) is 13.6 Å². The highest BCUT2D eigenvalue weighted by molar-refractivity contribution is 4.90. The lowest BCUT2D eigenvalue weighted by atomic mass is 9.58. The summed E-state index contributed by atoms with van der Waals surface area (Å²) in [7, 11) is 2.04. The first kappa shape index (κ1) is 14.0. The molecule has 0 aromatic heterocycles. The molecular formula is C13H29N. The molecule has 14 heavy (non-hydrogen) atoms. The van der Waals surface area contributed by atoms with Gasteiger partial charge in [-0.3, -0.25) is 0 Å². The molecule has 0 fully saturated rings. The number of hydrogen-bond donors (Lipinski definition) is 1. The van der Waals surface area contributed by atoms with Gasteiger partial charge in [0.15, 0.2) is 0 Å². The molecule has 1 unspecified atom stereocenters. The van der Waals surface area contributed by atoms with Gasteiger partial charge in [-0.15, -0.1) is 0 Å². The molecule has 1 atom stereocenters. The second-order valence-electron chi connectivity index (χ2n) is 5.66. The molecule has 0 aromatic rings. The number of rotatable bonds is 6. The van der Waals surface area contributed by atoms with Crippen molar-refractivity contribution in [3.63, 3.8) is 0 Å². The summed E-state index contributed by atoms with van der Waals surface area (Å²) in [6, 6.07) is 0. The highest BCUT2D eigenvalue weighted by Crippen LogP contribution is 2.49. The maximum Gasteiger partial charge on any atom is -0.00466 e. The van der Waals surface area contributed by atoms with Crippen LogP contribution in [0, 0.1) is 16.7 Å². The molecule has 0 saturated carbocycles. The van der Waals surface area contributed by atoms with Crippen molar-refractivity contribution in [1.29, 1.82) is 0 Å². The van der Waals surface area contributed by atoms with E-state index in [2.05, 4.69) is 46.9 Å². The summed E-state index contributed by atoms with van der Waals surface area (Å²) in [6.07, 6.45) is 2.52. The van der Waals surface area contributed by atoms with E-state index in [1.807, 2.05) is 7.05 Å². The summed E-state index contributed by atoms with van der Waals surface area (Å²) in [5.41, 5.74) is 0.864. The molecule has 0 saturated heterocycles. The van der Waals surface area contributed by atoms with Crippen molar-refractivity contribution in [1.82, 2.24) is 5.32 Å². The molecule has 0 rings (SSSR count). The summed E-state index contributed by atoms with van der Waals surface area (Å²) in [4.78, 5) is 0. The molecule has 0 aliphatic heterocycles. The van der Waals surface area contributed by atoms with Gasteiger partial charge >= 0.3 is 0 Å². The highest BCUT2D eigenvalue weighted by Gasteiger charge is 2.41. The van der Waals surface area contributed by atoms with Crippen LogP contribution in [0.4, 0.5) is 0 Å². The second kappa shape index (κ2) is 5.16. The Balaban J connectivity index is 4.63. The Morgan fingerprint density at radius 2 is 1.64 bits per heavy atom. The van der Waals surface area contributed by atoms with Gasteiger partial charge in [0.05, 0.1) is 0 Å². The monoisotopic (exact) mass is 199 g/mol. The van der Waals surface area contributed by atoms with Gasteiger partial charge in [0.2, 0.25) is 0 Å². The van der Waals surface area contributed by atoms with E-state index >= 15 is 0 Å². The SMILES string of the molecule is CCC(C)(C(C)C)C(C)(C)CCNC. The zero-order chi connectivity index (χ0) is 11.4. The third kappa shape index (κ3) is 2.73. The normalized spacial score (nSPS) is 17.1. The van der Waals surface area contributed by atoms with Gasteiger partial charge < -0.3 is 5.32 Å². The zero-order valence-corrected chi connectivity index (χ0v) is 11.2. The van der Waals surface area contributed by atoms with Gasteiger partial charge in [-0.05, 0) is 43.2 Å². The largest absolute Gasteiger partial charge is 0.320 e. The average molecular weight is 199 g/mol. The number of hydrogen-bond acceptors (Lipinski definition) is 1. The molecule has 0 aliphatic rings. The Labute approximate surface area is 90.7 Å². The summed E-state index contributed by atoms with van der Waals surface area (Å²) in [5.74, 6) is 0.749. The fourth-order valence-electron chi connectivity index (χ4n) is 2.39. The van der Waals surface area contributed by atoms with Crippen LogP contribution in [0.25, 0.3) is 0 Å². The Kier molecular flexibility index (Phi) is 5.14. The highest BCUT2D eigenvalue weighted by atomic mass is 14.8. The molecule has 0 radical (unpaired) electrons. The predicted molar refractivity (Wildman–Crippen MR) is 65.6 cm³/mol. The van der Waals surface area contributed by atoms with Crippen LogP contribution in [0.2, 0.25) is 0 Å². The standard InChI is InChI=1S/C13H29N/c1-8-13(6,11(2)3)12(4,5)9-10-14-7/h11,14H,8-10H2,1-7H3. The van der Waals surface area contributed by atoms with E-state index in [1.165, 1.54) is 12.8 Å². The Morgan fingerprint density at radius 1 is 1.14 bits per heavy atom. The van der Waals surface area contributed by atoms with Crippen molar-refractivity contribution >= 4 is 0 Å². The molecule has 86 valence electrons. The quantitative estimate of drug-likeness (QED) is 0.688. The Hall–Kier alpha value is -0.0400. The van der Waals surface area contributed by atoms with Gasteiger partial charge in [-0.2, -0.15) is 0 Å². The Morgan fingerprint density at radius 3 is 1.93 bits per heavy atom. The van der Waals surface area contributed by atoms with Crippen LogP contribution in [-0.2, 0) is 0 Å². The van der Waals surface area contributed by atoms with Crippen LogP contribution in [0.15, 0.2) is 0 Å². The van der Waals surface area contributed by atoms with E-state index in [1.54, 1.807) is 0 Å². The van der Waals surface area contributed by atoms with E-state index in [4.69, 9.17) is 0 Å². The Bertz CT molecular complexity index is 161. The maximum absolute atomic E-state index is 3.26. The third-order valence-corrected chi connectivity index (χ3v) is 4.55. The van der Waals surface area contributed by atoms with Crippen molar-refractivity contribution in [3.05, 3.63) is 0 Å². The molecule has 0 heterocycles. The minimum Gasteiger partial charge on any atom is -0.320 e. The van der Waals surface area contributed by atoms with Crippen molar-refractivity contribution in [2.75, 3.05) is 13.6 Å². The fraction of sp³-hybridized carbons (Fsp3) is 1.00. The topological polar surface area (TPSA) is 12.0 Å². The smallest absolute Gasteiger partial charge is 0.00466 e. The van der Waals surface area contributed by atoms with E-state index in [-0.39, 0.29) is 0 Å². The van der Waals surface area contributed by atoms with Crippen LogP contribution < -0.4 is 5.32 Å². The minimum atomic E-state index is 0.416. The van der Waals surface area contributed by atoms with Crippen molar-refractivity contribution < 1.29 is 0 Å². The first-order chi connectivity index (χ1) is 6.31. The zero-order valence-electron chi connectivity index (χ0n) is 11.2. The van der Waals surface area contributed by atoms with Crippen LogP contribution >= 0.6 is 0 Å². The summed E-state index contributed by atoms with van der Waals surface area (Å²) >= 11 is 0. The molecule has 0 aromatic carbocycles. The molecule has 1 nitrogen and oxygen atoms in total. The lowest BCUT2D eigenvalue weighted by Gasteiger charge is -2.47. The van der Waals surface area contributed by atoms with Crippen molar-refractivity contribution in [2.24, 2.45) is 16.7 Å². The fourth-order valence-corrected chi connectivity index (χ4v) is 2.39. The maximum atomic E-state index is 3.26. The molecular weight excluding hydrogens is 170 g/mol. The van der Waals surface area contributed by atoms with E-state index in [0.717, 1.165) is 12.5 Å². The summed E-state index contributed by atoms with van der Waals surface area (Å²) in [6.45, 7) is 15.4. The van der Waals surface area contributed by atoms with Gasteiger partial charge in [0.1, 0.15) is 0 Å². The van der Waals surface area contributed by atoms with Gasteiger partial charge in [0.25, 0.3) is 0 Å². The van der Waals surface area contributed by atoms with E-state index in [0.29, 0.717) is 10.8 Å². The third-order valence-electron chi connectivity index (χ3n) is 4.55. The van der Waals surface area contributed by atoms with Crippen molar-refractivity contribution in [2.45, 2.75) is 54.4 Å². The van der Waals surface area contributed by atoms with Gasteiger partial charge in [0, 0.05) is 0 Å². The number of nitrogens with one attached hydrogen (secondary N) is 1. The van der Waals surface area contributed by atoms with Crippen LogP contribution in [0.5, 0.6) is 0 Å². The van der Waals surface area contributed by atoms with Crippen LogP contribution in [0.3, 0.4) is 0 Å². The minimum absolute atomic E-state index is 0.416. The molecule has 1 N–H and O–H groups in total. The van der Waals surface area contributed by atoms with Crippen LogP contribution in [0.1, 0.15) is 54.4 Å². The summed E-state index contributed by atoms with van der Waals surface area (Å²) < 4.78 is 0. The molecule has 0 spiro atoms. The first-order valence-electron chi connectivity index (χ1n) is 5.96.